The molecule has 1 aliphatic rings. The molecule has 1 atom stereocenters. The van der Waals surface area contributed by atoms with Crippen molar-refractivity contribution >= 4 is 12.6 Å². The lowest BCUT2D eigenvalue weighted by molar-refractivity contribution is -0.180. The van der Waals surface area contributed by atoms with Crippen molar-refractivity contribution in [3.63, 3.8) is 0 Å². The molecule has 0 bridgehead atoms. The zero-order valence-corrected chi connectivity index (χ0v) is 17.3. The Balaban J connectivity index is 2.32. The average molecular weight is 359 g/mol. The summed E-state index contributed by atoms with van der Waals surface area (Å²) in [5, 5.41) is 0. The van der Waals surface area contributed by atoms with Crippen molar-refractivity contribution in [1.82, 2.24) is 0 Å². The van der Waals surface area contributed by atoms with Crippen molar-refractivity contribution in [2.75, 3.05) is 12.4 Å². The van der Waals surface area contributed by atoms with Crippen molar-refractivity contribution in [3.05, 3.63) is 0 Å². The minimum absolute atomic E-state index is 0.253. The molecule has 3 heteroatoms. The second kappa shape index (κ2) is 14.4. The van der Waals surface area contributed by atoms with Gasteiger partial charge in [0.05, 0.1) is 12.7 Å². The van der Waals surface area contributed by atoms with E-state index in [1.54, 1.807) is 0 Å². The van der Waals surface area contributed by atoms with E-state index in [4.69, 9.17) is 9.47 Å². The molecule has 0 aliphatic carbocycles. The fourth-order valence-electron chi connectivity index (χ4n) is 3.63. The Bertz CT molecular complexity index is 271. The van der Waals surface area contributed by atoms with E-state index in [1.807, 2.05) is 0 Å². The maximum absolute atomic E-state index is 6.48. The number of ether oxygens (including phenoxy) is 2. The standard InChI is InChI=1S/C21H42O2S/c1-3-5-7-12-16-21(17-13-8-6-4-2)22-19-20(23-21)15-11-9-10-14-18-24/h20,24H,3-19H2,1-2H3. The highest BCUT2D eigenvalue weighted by Crippen LogP contribution is 2.36. The highest BCUT2D eigenvalue weighted by atomic mass is 32.1. The van der Waals surface area contributed by atoms with Crippen LogP contribution in [-0.4, -0.2) is 24.3 Å². The maximum Gasteiger partial charge on any atom is 0.168 e. The fraction of sp³-hybridized carbons (Fsp3) is 1.00. The number of hydrogen-bond donors (Lipinski definition) is 1. The first-order chi connectivity index (χ1) is 11.8. The molecule has 0 saturated carbocycles. The van der Waals surface area contributed by atoms with Crippen LogP contribution in [0.3, 0.4) is 0 Å². The molecule has 0 N–H and O–H groups in total. The van der Waals surface area contributed by atoms with Gasteiger partial charge in [-0.1, -0.05) is 71.6 Å². The van der Waals surface area contributed by atoms with Crippen LogP contribution < -0.4 is 0 Å². The smallest absolute Gasteiger partial charge is 0.168 e. The summed E-state index contributed by atoms with van der Waals surface area (Å²) in [4.78, 5) is 0. The SMILES string of the molecule is CCCCCCC1(CCCCCC)OCC(CCCCCCS)O1. The lowest BCUT2D eigenvalue weighted by Crippen LogP contribution is -2.31. The van der Waals surface area contributed by atoms with Crippen molar-refractivity contribution in [2.45, 2.75) is 122 Å². The second-order valence-electron chi connectivity index (χ2n) is 7.51. The minimum Gasteiger partial charge on any atom is -0.347 e. The van der Waals surface area contributed by atoms with E-state index in [1.165, 1.54) is 77.0 Å². The summed E-state index contributed by atoms with van der Waals surface area (Å²) < 4.78 is 12.7. The largest absolute Gasteiger partial charge is 0.347 e. The number of hydrogen-bond acceptors (Lipinski definition) is 3. The van der Waals surface area contributed by atoms with Crippen LogP contribution in [0.4, 0.5) is 0 Å². The van der Waals surface area contributed by atoms with E-state index in [2.05, 4.69) is 26.5 Å². The summed E-state index contributed by atoms with van der Waals surface area (Å²) in [6, 6.07) is 0. The van der Waals surface area contributed by atoms with Gasteiger partial charge >= 0.3 is 0 Å². The molecule has 24 heavy (non-hydrogen) atoms. The number of unbranched alkanes of at least 4 members (excludes halogenated alkanes) is 9. The molecular formula is C21H42O2S. The van der Waals surface area contributed by atoms with Crippen molar-refractivity contribution < 1.29 is 9.47 Å². The van der Waals surface area contributed by atoms with Crippen molar-refractivity contribution in [2.24, 2.45) is 0 Å². The molecular weight excluding hydrogens is 316 g/mol. The first-order valence-corrected chi connectivity index (χ1v) is 11.3. The van der Waals surface area contributed by atoms with E-state index >= 15 is 0 Å². The Hall–Kier alpha value is 0.270. The molecule has 1 fully saturated rings. The summed E-state index contributed by atoms with van der Waals surface area (Å²) in [6.45, 7) is 5.35. The summed E-state index contributed by atoms with van der Waals surface area (Å²) >= 11 is 4.28. The first-order valence-electron chi connectivity index (χ1n) is 10.7. The predicted molar refractivity (Wildman–Crippen MR) is 108 cm³/mol. The molecule has 144 valence electrons. The first kappa shape index (κ1) is 22.3. The molecule has 2 nitrogen and oxygen atoms in total. The van der Waals surface area contributed by atoms with E-state index in [-0.39, 0.29) is 5.79 Å². The quantitative estimate of drug-likeness (QED) is 0.238. The Labute approximate surface area is 156 Å². The van der Waals surface area contributed by atoms with Gasteiger partial charge in [0.15, 0.2) is 5.79 Å². The van der Waals surface area contributed by atoms with Gasteiger partial charge in [-0.3, -0.25) is 0 Å². The van der Waals surface area contributed by atoms with Crippen LogP contribution in [0.2, 0.25) is 0 Å². The van der Waals surface area contributed by atoms with Gasteiger partial charge in [0.2, 0.25) is 0 Å². The third kappa shape index (κ3) is 9.68. The van der Waals surface area contributed by atoms with Gasteiger partial charge in [0, 0.05) is 12.8 Å². The summed E-state index contributed by atoms with van der Waals surface area (Å²) in [5.74, 6) is 0.763. The number of thiol groups is 1. The van der Waals surface area contributed by atoms with Crippen LogP contribution in [0.25, 0.3) is 0 Å². The highest BCUT2D eigenvalue weighted by molar-refractivity contribution is 7.80. The third-order valence-corrected chi connectivity index (χ3v) is 5.49. The summed E-state index contributed by atoms with van der Waals surface area (Å²) in [7, 11) is 0. The molecule has 0 radical (unpaired) electrons. The van der Waals surface area contributed by atoms with Crippen LogP contribution in [0.1, 0.15) is 110 Å². The molecule has 1 rings (SSSR count). The van der Waals surface area contributed by atoms with Gasteiger partial charge in [-0.25, -0.2) is 0 Å². The van der Waals surface area contributed by atoms with Gasteiger partial charge in [-0.05, 0) is 31.4 Å². The number of rotatable bonds is 16. The molecule has 0 spiro atoms. The van der Waals surface area contributed by atoms with Gasteiger partial charge in [0.1, 0.15) is 0 Å². The van der Waals surface area contributed by atoms with Crippen LogP contribution in [0.5, 0.6) is 0 Å². The van der Waals surface area contributed by atoms with E-state index < -0.39 is 0 Å². The topological polar surface area (TPSA) is 18.5 Å². The average Bonchev–Trinajstić information content (AvgIpc) is 2.99. The zero-order chi connectivity index (χ0) is 17.5. The van der Waals surface area contributed by atoms with Gasteiger partial charge in [0.25, 0.3) is 0 Å². The highest BCUT2D eigenvalue weighted by Gasteiger charge is 2.40. The second-order valence-corrected chi connectivity index (χ2v) is 7.96. The minimum atomic E-state index is -0.253. The van der Waals surface area contributed by atoms with Crippen molar-refractivity contribution in [3.8, 4) is 0 Å². The Morgan fingerprint density at radius 2 is 1.38 bits per heavy atom. The summed E-state index contributed by atoms with van der Waals surface area (Å²) in [6.07, 6.45) is 19.2. The van der Waals surface area contributed by atoms with Gasteiger partial charge in [-0.15, -0.1) is 0 Å². The molecule has 1 aliphatic heterocycles. The lowest BCUT2D eigenvalue weighted by Gasteiger charge is -2.28. The predicted octanol–water partition coefficient (Wildman–Crippen LogP) is 6.92. The Morgan fingerprint density at radius 3 is 1.96 bits per heavy atom. The van der Waals surface area contributed by atoms with E-state index in [0.29, 0.717) is 6.10 Å². The van der Waals surface area contributed by atoms with Crippen LogP contribution in [0.15, 0.2) is 0 Å². The molecule has 1 heterocycles. The molecule has 1 unspecified atom stereocenters. The monoisotopic (exact) mass is 358 g/mol. The van der Waals surface area contributed by atoms with E-state index in [9.17, 15) is 0 Å². The molecule has 0 aromatic heterocycles. The van der Waals surface area contributed by atoms with Crippen molar-refractivity contribution in [1.29, 1.82) is 0 Å². The summed E-state index contributed by atoms with van der Waals surface area (Å²) in [5.41, 5.74) is 0. The normalized spacial score (nSPS) is 19.9. The molecule has 0 aromatic carbocycles. The van der Waals surface area contributed by atoms with Crippen LogP contribution in [-0.2, 0) is 9.47 Å². The third-order valence-electron chi connectivity index (χ3n) is 5.17. The molecule has 0 aromatic rings. The zero-order valence-electron chi connectivity index (χ0n) is 16.4. The van der Waals surface area contributed by atoms with Gasteiger partial charge < -0.3 is 9.47 Å². The van der Waals surface area contributed by atoms with E-state index in [0.717, 1.165) is 31.6 Å². The molecule has 1 saturated heterocycles. The van der Waals surface area contributed by atoms with Gasteiger partial charge in [-0.2, -0.15) is 12.6 Å². The lowest BCUT2D eigenvalue weighted by atomic mass is 10.00. The molecule has 0 amide bonds. The van der Waals surface area contributed by atoms with Crippen LogP contribution >= 0.6 is 12.6 Å². The fourth-order valence-corrected chi connectivity index (χ4v) is 3.85. The Morgan fingerprint density at radius 1 is 0.792 bits per heavy atom. The Kier molecular flexibility index (Phi) is 13.4. The van der Waals surface area contributed by atoms with Crippen LogP contribution in [0, 0.1) is 0 Å². The maximum atomic E-state index is 6.48.